The molecule has 3 heterocycles. The van der Waals surface area contributed by atoms with Gasteiger partial charge in [-0.3, -0.25) is 15.0 Å². The number of carbonyl (C=O) groups excluding carboxylic acids is 2. The van der Waals surface area contributed by atoms with Crippen LogP contribution in [0, 0.1) is 12.3 Å². The maximum atomic E-state index is 13.3. The number of nitrogens with one attached hydrogen (secondary N) is 2. The van der Waals surface area contributed by atoms with Crippen molar-refractivity contribution in [3.63, 3.8) is 0 Å². The summed E-state index contributed by atoms with van der Waals surface area (Å²) in [6.45, 7) is 3.86. The van der Waals surface area contributed by atoms with Gasteiger partial charge in [0.05, 0.1) is 15.9 Å². The molecule has 1 aromatic carbocycles. The minimum absolute atomic E-state index is 0.138. The molecule has 0 bridgehead atoms. The molecule has 4 N–H and O–H groups in total. The van der Waals surface area contributed by atoms with Gasteiger partial charge in [0.1, 0.15) is 5.84 Å². The van der Waals surface area contributed by atoms with E-state index >= 15 is 0 Å². The van der Waals surface area contributed by atoms with Gasteiger partial charge in [0, 0.05) is 28.7 Å². The molecule has 0 spiro atoms. The molecule has 1 atom stereocenters. The van der Waals surface area contributed by atoms with Crippen molar-refractivity contribution in [2.75, 3.05) is 11.1 Å². The molecule has 8 heteroatoms. The molecular weight excluding hydrogens is 404 g/mol. The summed E-state index contributed by atoms with van der Waals surface area (Å²) in [4.78, 5) is 25.5. The maximum Gasteiger partial charge on any atom is 0.253 e. The topological polar surface area (TPSA) is 101 Å². The first-order chi connectivity index (χ1) is 13.9. The van der Waals surface area contributed by atoms with Gasteiger partial charge < -0.3 is 15.6 Å². The van der Waals surface area contributed by atoms with Crippen LogP contribution < -0.4 is 11.1 Å². The van der Waals surface area contributed by atoms with Crippen LogP contribution in [0.2, 0.25) is 0 Å². The van der Waals surface area contributed by atoms with Crippen LogP contribution in [0.25, 0.3) is 0 Å². The van der Waals surface area contributed by atoms with Gasteiger partial charge in [0.15, 0.2) is 0 Å². The maximum absolute atomic E-state index is 13.3. The van der Waals surface area contributed by atoms with Gasteiger partial charge in [0.25, 0.3) is 5.91 Å². The van der Waals surface area contributed by atoms with Crippen LogP contribution in [-0.2, 0) is 9.59 Å². The highest BCUT2D eigenvalue weighted by Crippen LogP contribution is 2.53. The summed E-state index contributed by atoms with van der Waals surface area (Å²) in [6.07, 6.45) is 1.83. The van der Waals surface area contributed by atoms with Gasteiger partial charge >= 0.3 is 0 Å². The lowest BCUT2D eigenvalue weighted by molar-refractivity contribution is -0.115. The van der Waals surface area contributed by atoms with E-state index in [1.54, 1.807) is 4.57 Å². The van der Waals surface area contributed by atoms with Crippen LogP contribution in [0.15, 0.2) is 62.9 Å². The van der Waals surface area contributed by atoms with Crippen molar-refractivity contribution in [2.24, 2.45) is 5.73 Å². The Morgan fingerprint density at radius 1 is 1.24 bits per heavy atom. The number of benzene rings is 1. The number of rotatable bonds is 5. The van der Waals surface area contributed by atoms with Crippen LogP contribution in [-0.4, -0.2) is 28.0 Å². The highest BCUT2D eigenvalue weighted by Gasteiger charge is 2.43. The first-order valence-electron chi connectivity index (χ1n) is 9.06. The van der Waals surface area contributed by atoms with E-state index < -0.39 is 5.91 Å². The molecule has 0 saturated heterocycles. The molecule has 0 radical (unpaired) electrons. The Kier molecular flexibility index (Phi) is 5.14. The highest BCUT2D eigenvalue weighted by atomic mass is 32.2. The Labute approximate surface area is 177 Å². The van der Waals surface area contributed by atoms with Crippen molar-refractivity contribution < 1.29 is 9.59 Å². The quantitative estimate of drug-likeness (QED) is 0.679. The highest BCUT2D eigenvalue weighted by molar-refractivity contribution is 8.24. The molecule has 29 heavy (non-hydrogen) atoms. The van der Waals surface area contributed by atoms with Crippen LogP contribution in [0.1, 0.15) is 24.1 Å². The fourth-order valence-electron chi connectivity index (χ4n) is 3.64. The molecule has 2 aliphatic rings. The van der Waals surface area contributed by atoms with Gasteiger partial charge in [-0.25, -0.2) is 0 Å². The first-order valence-corrected chi connectivity index (χ1v) is 10.9. The van der Waals surface area contributed by atoms with Gasteiger partial charge in [-0.05, 0) is 42.5 Å². The number of primary amides is 1. The van der Waals surface area contributed by atoms with Crippen LogP contribution >= 0.6 is 23.5 Å². The number of para-hydroxylation sites is 1. The summed E-state index contributed by atoms with van der Waals surface area (Å²) in [5.41, 5.74) is 9.37. The number of thioether (sulfide) groups is 2. The molecule has 6 nitrogen and oxygen atoms in total. The standard InChI is InChI=1S/C21H20N4O2S2/c1-11-6-3-4-7-13(11)24-20(27)16-12(2)29-21(28-10-15(22)26)18-17(16)14-8-5-9-25(14)19(18)23/h3-9,17,23H,10H2,1-2H3,(H2,22,26)(H,24,27). The lowest BCUT2D eigenvalue weighted by Crippen LogP contribution is -2.23. The number of anilines is 1. The van der Waals surface area contributed by atoms with E-state index in [9.17, 15) is 9.59 Å². The van der Waals surface area contributed by atoms with Crippen molar-refractivity contribution in [2.45, 2.75) is 19.8 Å². The third-order valence-corrected chi connectivity index (χ3v) is 7.42. The van der Waals surface area contributed by atoms with Gasteiger partial charge in [-0.2, -0.15) is 0 Å². The monoisotopic (exact) mass is 424 g/mol. The van der Waals surface area contributed by atoms with Crippen LogP contribution in [0.5, 0.6) is 0 Å². The average Bonchev–Trinajstić information content (AvgIpc) is 3.25. The Balaban J connectivity index is 1.75. The molecular formula is C21H20N4O2S2. The minimum atomic E-state index is -0.408. The second kappa shape index (κ2) is 7.61. The zero-order valence-corrected chi connectivity index (χ0v) is 17.6. The van der Waals surface area contributed by atoms with Crippen molar-refractivity contribution in [1.82, 2.24) is 4.57 Å². The number of hydrogen-bond acceptors (Lipinski definition) is 5. The minimum Gasteiger partial charge on any atom is -0.369 e. The van der Waals surface area contributed by atoms with Crippen LogP contribution in [0.4, 0.5) is 5.69 Å². The Bertz CT molecular complexity index is 1110. The SMILES string of the molecule is CC1=C(C(=O)Nc2ccccc2C)C2C(=C(SCC(N)=O)S1)C(=N)n1cccc12. The smallest absolute Gasteiger partial charge is 0.253 e. The zero-order valence-electron chi connectivity index (χ0n) is 16.0. The third kappa shape index (κ3) is 3.42. The number of carbonyl (C=O) groups is 2. The van der Waals surface area contributed by atoms with Crippen LogP contribution in [0.3, 0.4) is 0 Å². The lowest BCUT2D eigenvalue weighted by Gasteiger charge is -2.26. The molecule has 0 saturated carbocycles. The number of fused-ring (bicyclic) bond motifs is 3. The molecule has 2 aliphatic heterocycles. The number of nitrogens with zero attached hydrogens (tertiary/aromatic N) is 1. The summed E-state index contributed by atoms with van der Waals surface area (Å²) >= 11 is 2.76. The molecule has 2 amide bonds. The number of aryl methyl sites for hydroxylation is 1. The fourth-order valence-corrected chi connectivity index (χ4v) is 6.00. The van der Waals surface area contributed by atoms with Gasteiger partial charge in [-0.15, -0.1) is 11.8 Å². The van der Waals surface area contributed by atoms with E-state index in [4.69, 9.17) is 11.1 Å². The lowest BCUT2D eigenvalue weighted by atomic mass is 9.89. The summed E-state index contributed by atoms with van der Waals surface area (Å²) in [6, 6.07) is 11.5. The molecule has 0 fully saturated rings. The van der Waals surface area contributed by atoms with Gasteiger partial charge in [-0.1, -0.05) is 30.0 Å². The van der Waals surface area contributed by atoms with E-state index in [-0.39, 0.29) is 17.6 Å². The van der Waals surface area contributed by atoms with E-state index in [2.05, 4.69) is 5.32 Å². The largest absolute Gasteiger partial charge is 0.369 e. The number of aromatic nitrogens is 1. The zero-order chi connectivity index (χ0) is 20.7. The predicted molar refractivity (Wildman–Crippen MR) is 119 cm³/mol. The molecule has 0 aliphatic carbocycles. The fraction of sp³-hybridized carbons (Fsp3) is 0.190. The molecule has 2 aromatic rings. The van der Waals surface area contributed by atoms with Gasteiger partial charge in [0.2, 0.25) is 5.91 Å². The first kappa shape index (κ1) is 19.6. The van der Waals surface area contributed by atoms with E-state index in [0.717, 1.165) is 31.7 Å². The summed E-state index contributed by atoms with van der Waals surface area (Å²) in [5.74, 6) is -0.442. The number of amides is 2. The third-order valence-electron chi connectivity index (χ3n) is 4.98. The molecule has 148 valence electrons. The number of allylic oxidation sites excluding steroid dienone is 2. The Hall–Kier alpha value is -2.71. The molecule has 1 aromatic heterocycles. The summed E-state index contributed by atoms with van der Waals surface area (Å²) < 4.78 is 2.65. The van der Waals surface area contributed by atoms with E-state index in [1.165, 1.54) is 23.5 Å². The predicted octanol–water partition coefficient (Wildman–Crippen LogP) is 3.81. The van der Waals surface area contributed by atoms with Crippen molar-refractivity contribution in [1.29, 1.82) is 5.41 Å². The second-order valence-electron chi connectivity index (χ2n) is 6.88. The van der Waals surface area contributed by atoms with E-state index in [0.29, 0.717) is 11.4 Å². The Morgan fingerprint density at radius 2 is 2.00 bits per heavy atom. The summed E-state index contributed by atoms with van der Waals surface area (Å²) in [7, 11) is 0. The van der Waals surface area contributed by atoms with E-state index in [1.807, 2.05) is 56.4 Å². The normalized spacial score (nSPS) is 18.0. The van der Waals surface area contributed by atoms with Crippen molar-refractivity contribution in [3.8, 4) is 0 Å². The summed E-state index contributed by atoms with van der Waals surface area (Å²) in [5, 5.41) is 11.7. The Morgan fingerprint density at radius 3 is 2.72 bits per heavy atom. The van der Waals surface area contributed by atoms with Crippen molar-refractivity contribution >= 4 is 46.9 Å². The second-order valence-corrected chi connectivity index (χ2v) is 9.35. The van der Waals surface area contributed by atoms with Crippen molar-refractivity contribution in [3.05, 3.63) is 74.1 Å². The number of nitrogens with two attached hydrogens (primary N) is 1. The number of hydrogen-bond donors (Lipinski definition) is 3. The average molecular weight is 425 g/mol. The molecule has 4 rings (SSSR count). The molecule has 1 unspecified atom stereocenters.